The van der Waals surface area contributed by atoms with Gasteiger partial charge in [0.1, 0.15) is 11.3 Å². The Morgan fingerprint density at radius 3 is 2.79 bits per heavy atom. The SMILES string of the molecule is CCOC(=O)c1cccc(I)c1OC. The van der Waals surface area contributed by atoms with Gasteiger partial charge in [0.15, 0.2) is 0 Å². The molecule has 0 unspecified atom stereocenters. The average molecular weight is 306 g/mol. The lowest BCUT2D eigenvalue weighted by molar-refractivity contribution is 0.0522. The number of carbonyl (C=O) groups excluding carboxylic acids is 1. The van der Waals surface area contributed by atoms with Crippen LogP contribution in [0, 0.1) is 3.57 Å². The van der Waals surface area contributed by atoms with E-state index in [-0.39, 0.29) is 5.97 Å². The summed E-state index contributed by atoms with van der Waals surface area (Å²) in [7, 11) is 1.54. The van der Waals surface area contributed by atoms with E-state index < -0.39 is 0 Å². The summed E-state index contributed by atoms with van der Waals surface area (Å²) in [6.45, 7) is 2.14. The van der Waals surface area contributed by atoms with E-state index in [1.807, 2.05) is 6.07 Å². The maximum absolute atomic E-state index is 11.5. The van der Waals surface area contributed by atoms with Crippen molar-refractivity contribution in [2.24, 2.45) is 0 Å². The van der Waals surface area contributed by atoms with Crippen molar-refractivity contribution >= 4 is 28.6 Å². The molecule has 0 aliphatic rings. The fourth-order valence-electron chi connectivity index (χ4n) is 1.09. The van der Waals surface area contributed by atoms with Gasteiger partial charge in [0.05, 0.1) is 17.3 Å². The molecule has 1 aromatic rings. The van der Waals surface area contributed by atoms with Crippen LogP contribution in [0.3, 0.4) is 0 Å². The first-order valence-electron chi connectivity index (χ1n) is 4.20. The largest absolute Gasteiger partial charge is 0.495 e. The number of para-hydroxylation sites is 1. The van der Waals surface area contributed by atoms with Crippen LogP contribution < -0.4 is 4.74 Å². The molecule has 4 heteroatoms. The van der Waals surface area contributed by atoms with Gasteiger partial charge in [0, 0.05) is 0 Å². The van der Waals surface area contributed by atoms with Gasteiger partial charge in [-0.15, -0.1) is 0 Å². The Morgan fingerprint density at radius 1 is 1.50 bits per heavy atom. The lowest BCUT2D eigenvalue weighted by atomic mass is 10.2. The van der Waals surface area contributed by atoms with Crippen molar-refractivity contribution in [2.75, 3.05) is 13.7 Å². The minimum Gasteiger partial charge on any atom is -0.495 e. The minimum absolute atomic E-state index is 0.345. The lowest BCUT2D eigenvalue weighted by Gasteiger charge is -2.08. The molecule has 0 spiro atoms. The standard InChI is InChI=1S/C10H11IO3/c1-3-14-10(12)7-5-4-6-8(11)9(7)13-2/h4-6H,3H2,1-2H3. The number of methoxy groups -OCH3 is 1. The third-order valence-electron chi connectivity index (χ3n) is 1.67. The molecular weight excluding hydrogens is 295 g/mol. The fraction of sp³-hybridized carbons (Fsp3) is 0.300. The third kappa shape index (κ3) is 2.37. The zero-order chi connectivity index (χ0) is 10.6. The van der Waals surface area contributed by atoms with E-state index in [1.165, 1.54) is 0 Å². The summed E-state index contributed by atoms with van der Waals surface area (Å²) >= 11 is 2.11. The highest BCUT2D eigenvalue weighted by Gasteiger charge is 2.14. The van der Waals surface area contributed by atoms with E-state index >= 15 is 0 Å². The molecular formula is C10H11IO3. The normalized spacial score (nSPS) is 9.64. The number of hydrogen-bond donors (Lipinski definition) is 0. The number of halogens is 1. The summed E-state index contributed by atoms with van der Waals surface area (Å²) in [6, 6.07) is 5.37. The Bertz CT molecular complexity index is 336. The molecule has 1 rings (SSSR count). The van der Waals surface area contributed by atoms with Gasteiger partial charge >= 0.3 is 5.97 Å². The van der Waals surface area contributed by atoms with Crippen molar-refractivity contribution in [1.29, 1.82) is 0 Å². The molecule has 14 heavy (non-hydrogen) atoms. The van der Waals surface area contributed by atoms with E-state index in [4.69, 9.17) is 9.47 Å². The van der Waals surface area contributed by atoms with Crippen molar-refractivity contribution in [3.05, 3.63) is 27.3 Å². The molecule has 0 radical (unpaired) electrons. The second kappa shape index (κ2) is 5.19. The van der Waals surface area contributed by atoms with Crippen LogP contribution in [0.2, 0.25) is 0 Å². The van der Waals surface area contributed by atoms with Crippen LogP contribution >= 0.6 is 22.6 Å². The molecule has 0 bridgehead atoms. The van der Waals surface area contributed by atoms with E-state index in [0.29, 0.717) is 17.9 Å². The molecule has 0 aromatic heterocycles. The van der Waals surface area contributed by atoms with Gasteiger partial charge in [-0.25, -0.2) is 4.79 Å². The summed E-state index contributed by atoms with van der Waals surface area (Å²) in [4.78, 5) is 11.5. The van der Waals surface area contributed by atoms with Gasteiger partial charge in [-0.1, -0.05) is 6.07 Å². The van der Waals surface area contributed by atoms with Gasteiger partial charge in [0.2, 0.25) is 0 Å². The topological polar surface area (TPSA) is 35.5 Å². The number of benzene rings is 1. The van der Waals surface area contributed by atoms with E-state index in [0.717, 1.165) is 3.57 Å². The van der Waals surface area contributed by atoms with Crippen LogP contribution in [0.15, 0.2) is 18.2 Å². The van der Waals surface area contributed by atoms with Crippen LogP contribution in [0.1, 0.15) is 17.3 Å². The van der Waals surface area contributed by atoms with Crippen molar-refractivity contribution in [3.63, 3.8) is 0 Å². The highest BCUT2D eigenvalue weighted by molar-refractivity contribution is 14.1. The van der Waals surface area contributed by atoms with E-state index in [1.54, 1.807) is 26.2 Å². The van der Waals surface area contributed by atoms with Gasteiger partial charge in [0.25, 0.3) is 0 Å². The Labute approximate surface area is 96.5 Å². The van der Waals surface area contributed by atoms with Crippen molar-refractivity contribution in [3.8, 4) is 5.75 Å². The van der Waals surface area contributed by atoms with Crippen molar-refractivity contribution < 1.29 is 14.3 Å². The maximum atomic E-state index is 11.5. The van der Waals surface area contributed by atoms with Gasteiger partial charge in [-0.2, -0.15) is 0 Å². The average Bonchev–Trinajstić information content (AvgIpc) is 2.17. The van der Waals surface area contributed by atoms with Crippen LogP contribution in [0.25, 0.3) is 0 Å². The Balaban J connectivity index is 3.07. The minimum atomic E-state index is -0.345. The molecule has 0 N–H and O–H groups in total. The molecule has 1 aromatic carbocycles. The summed E-state index contributed by atoms with van der Waals surface area (Å²) < 4.78 is 10.9. The molecule has 0 atom stereocenters. The number of carbonyl (C=O) groups is 1. The second-order valence-corrected chi connectivity index (χ2v) is 3.70. The first-order valence-corrected chi connectivity index (χ1v) is 5.28. The zero-order valence-corrected chi connectivity index (χ0v) is 10.2. The van der Waals surface area contributed by atoms with Crippen molar-refractivity contribution in [1.82, 2.24) is 0 Å². The first kappa shape index (κ1) is 11.3. The predicted molar refractivity (Wildman–Crippen MR) is 61.7 cm³/mol. The number of rotatable bonds is 3. The molecule has 0 saturated heterocycles. The molecule has 0 fully saturated rings. The number of esters is 1. The molecule has 76 valence electrons. The Kier molecular flexibility index (Phi) is 4.19. The highest BCUT2D eigenvalue weighted by Crippen LogP contribution is 2.25. The quantitative estimate of drug-likeness (QED) is 0.636. The van der Waals surface area contributed by atoms with Crippen LogP contribution in [-0.4, -0.2) is 19.7 Å². The van der Waals surface area contributed by atoms with Gasteiger partial charge in [-0.3, -0.25) is 0 Å². The Hall–Kier alpha value is -0.780. The van der Waals surface area contributed by atoms with Crippen molar-refractivity contribution in [2.45, 2.75) is 6.92 Å². The molecule has 0 amide bonds. The fourth-order valence-corrected chi connectivity index (χ4v) is 1.80. The molecule has 0 heterocycles. The van der Waals surface area contributed by atoms with Crippen LogP contribution in [-0.2, 0) is 4.74 Å². The predicted octanol–water partition coefficient (Wildman–Crippen LogP) is 2.48. The monoisotopic (exact) mass is 306 g/mol. The Morgan fingerprint density at radius 2 is 2.21 bits per heavy atom. The molecule has 0 saturated carbocycles. The van der Waals surface area contributed by atoms with E-state index in [9.17, 15) is 4.79 Å². The number of ether oxygens (including phenoxy) is 2. The first-order chi connectivity index (χ1) is 6.70. The zero-order valence-electron chi connectivity index (χ0n) is 8.04. The maximum Gasteiger partial charge on any atom is 0.341 e. The molecule has 3 nitrogen and oxygen atoms in total. The summed E-state index contributed by atoms with van der Waals surface area (Å²) in [6.07, 6.45) is 0. The van der Waals surface area contributed by atoms with Gasteiger partial charge in [-0.05, 0) is 41.6 Å². The third-order valence-corrected chi connectivity index (χ3v) is 2.52. The highest BCUT2D eigenvalue weighted by atomic mass is 127. The second-order valence-electron chi connectivity index (χ2n) is 2.54. The smallest absolute Gasteiger partial charge is 0.341 e. The van der Waals surface area contributed by atoms with Crippen LogP contribution in [0.4, 0.5) is 0 Å². The van der Waals surface area contributed by atoms with Crippen LogP contribution in [0.5, 0.6) is 5.75 Å². The van der Waals surface area contributed by atoms with E-state index in [2.05, 4.69) is 22.6 Å². The summed E-state index contributed by atoms with van der Waals surface area (Å²) in [5.74, 6) is 0.231. The summed E-state index contributed by atoms with van der Waals surface area (Å²) in [5, 5.41) is 0. The molecule has 0 aliphatic heterocycles. The summed E-state index contributed by atoms with van der Waals surface area (Å²) in [5.41, 5.74) is 0.473. The lowest BCUT2D eigenvalue weighted by Crippen LogP contribution is -2.07. The van der Waals surface area contributed by atoms with Gasteiger partial charge < -0.3 is 9.47 Å². The molecule has 0 aliphatic carbocycles. The number of hydrogen-bond acceptors (Lipinski definition) is 3.